The van der Waals surface area contributed by atoms with Gasteiger partial charge in [0.25, 0.3) is 0 Å². The summed E-state index contributed by atoms with van der Waals surface area (Å²) in [5.74, 6) is 1.37. The summed E-state index contributed by atoms with van der Waals surface area (Å²) in [5.41, 5.74) is 6.82. The fourth-order valence-corrected chi connectivity index (χ4v) is 6.35. The second-order valence-corrected chi connectivity index (χ2v) is 10.2. The van der Waals surface area contributed by atoms with Crippen LogP contribution in [0.2, 0.25) is 0 Å². The lowest BCUT2D eigenvalue weighted by Crippen LogP contribution is -2.28. The average Bonchev–Trinajstić information content (AvgIpc) is 3.33. The van der Waals surface area contributed by atoms with E-state index in [0.717, 1.165) is 21.5 Å². The first-order valence-electron chi connectivity index (χ1n) is 13.5. The first-order valence-corrected chi connectivity index (χ1v) is 13.5. The van der Waals surface area contributed by atoms with Crippen molar-refractivity contribution >= 4 is 21.5 Å². The lowest BCUT2D eigenvalue weighted by Gasteiger charge is -2.34. The molecule has 41 heavy (non-hydrogen) atoms. The molecule has 0 heterocycles. The number of hydrogen-bond donors (Lipinski definition) is 0. The fourth-order valence-electron chi connectivity index (χ4n) is 6.35. The zero-order valence-electron chi connectivity index (χ0n) is 22.2. The quantitative estimate of drug-likeness (QED) is 0.218. The third kappa shape index (κ3) is 3.89. The van der Waals surface area contributed by atoms with Crippen LogP contribution in [0.4, 0.5) is 0 Å². The van der Waals surface area contributed by atoms with Crippen LogP contribution in [0.3, 0.4) is 0 Å². The van der Waals surface area contributed by atoms with E-state index in [1.165, 1.54) is 33.4 Å². The van der Waals surface area contributed by atoms with Gasteiger partial charge in [-0.15, -0.1) is 0 Å². The van der Waals surface area contributed by atoms with E-state index in [9.17, 15) is 0 Å². The molecule has 0 bridgehead atoms. The van der Waals surface area contributed by atoms with E-state index in [4.69, 9.17) is 20.0 Å². The second-order valence-electron chi connectivity index (χ2n) is 10.2. The molecule has 7 rings (SSSR count). The SMILES string of the molecule is N#CCOc1ccc2cc(C3(c4ccc5cc(OCC#N)ccc5c4)c4ccccc4-c4ccccc43)ccc2c1. The van der Waals surface area contributed by atoms with Crippen molar-refractivity contribution in [1.29, 1.82) is 10.5 Å². The smallest absolute Gasteiger partial charge is 0.174 e. The van der Waals surface area contributed by atoms with Gasteiger partial charge in [0.15, 0.2) is 13.2 Å². The van der Waals surface area contributed by atoms with Gasteiger partial charge < -0.3 is 9.47 Å². The number of benzene rings is 6. The number of nitriles is 2. The first kappa shape index (κ1) is 24.5. The van der Waals surface area contributed by atoms with Crippen molar-refractivity contribution in [2.24, 2.45) is 0 Å². The highest BCUT2D eigenvalue weighted by Gasteiger charge is 2.46. The van der Waals surface area contributed by atoms with Crippen LogP contribution in [0.15, 0.2) is 121 Å². The molecular formula is C37H24N2O2. The molecule has 0 N–H and O–H groups in total. The van der Waals surface area contributed by atoms with Gasteiger partial charge in [0.2, 0.25) is 0 Å². The maximum atomic E-state index is 8.92. The number of rotatable bonds is 6. The molecule has 0 unspecified atom stereocenters. The van der Waals surface area contributed by atoms with Crippen LogP contribution in [0.5, 0.6) is 11.5 Å². The van der Waals surface area contributed by atoms with E-state index in [1.54, 1.807) is 0 Å². The van der Waals surface area contributed by atoms with Gasteiger partial charge in [0.1, 0.15) is 23.6 Å². The molecule has 194 valence electrons. The molecule has 4 nitrogen and oxygen atoms in total. The molecule has 0 fully saturated rings. The summed E-state index contributed by atoms with van der Waals surface area (Å²) in [6, 6.07) is 46.7. The Kier molecular flexibility index (Phi) is 5.89. The van der Waals surface area contributed by atoms with Gasteiger partial charge in [-0.05, 0) is 91.3 Å². The Morgan fingerprint density at radius 2 is 0.902 bits per heavy atom. The van der Waals surface area contributed by atoms with Crippen molar-refractivity contribution < 1.29 is 9.47 Å². The van der Waals surface area contributed by atoms with E-state index < -0.39 is 5.41 Å². The summed E-state index contributed by atoms with van der Waals surface area (Å²) in [6.45, 7) is 0.0440. The molecule has 0 radical (unpaired) electrons. The highest BCUT2D eigenvalue weighted by atomic mass is 16.5. The van der Waals surface area contributed by atoms with Gasteiger partial charge >= 0.3 is 0 Å². The molecule has 0 aliphatic heterocycles. The van der Waals surface area contributed by atoms with Crippen LogP contribution in [-0.4, -0.2) is 13.2 Å². The van der Waals surface area contributed by atoms with E-state index in [0.29, 0.717) is 11.5 Å². The molecule has 1 aliphatic rings. The average molecular weight is 529 g/mol. The van der Waals surface area contributed by atoms with E-state index in [2.05, 4.69) is 97.1 Å². The van der Waals surface area contributed by atoms with Gasteiger partial charge in [-0.3, -0.25) is 0 Å². The predicted octanol–water partition coefficient (Wildman–Crippen LogP) is 8.16. The van der Waals surface area contributed by atoms with Gasteiger partial charge in [0.05, 0.1) is 5.41 Å². The Morgan fingerprint density at radius 1 is 0.488 bits per heavy atom. The van der Waals surface area contributed by atoms with Crippen LogP contribution in [-0.2, 0) is 5.41 Å². The Bertz CT molecular complexity index is 1900. The summed E-state index contributed by atoms with van der Waals surface area (Å²) in [4.78, 5) is 0. The zero-order valence-corrected chi connectivity index (χ0v) is 22.2. The normalized spacial score (nSPS) is 12.7. The molecule has 6 aromatic carbocycles. The fraction of sp³-hybridized carbons (Fsp3) is 0.0811. The summed E-state index contributed by atoms with van der Waals surface area (Å²) in [5, 5.41) is 22.2. The maximum absolute atomic E-state index is 8.92. The summed E-state index contributed by atoms with van der Waals surface area (Å²) in [6.07, 6.45) is 0. The van der Waals surface area contributed by atoms with Crippen molar-refractivity contribution in [3.63, 3.8) is 0 Å². The Morgan fingerprint density at radius 3 is 1.37 bits per heavy atom. The molecule has 0 atom stereocenters. The van der Waals surface area contributed by atoms with Crippen LogP contribution >= 0.6 is 0 Å². The van der Waals surface area contributed by atoms with Crippen molar-refractivity contribution in [3.8, 4) is 34.8 Å². The minimum Gasteiger partial charge on any atom is -0.479 e. The Hall–Kier alpha value is -5.58. The number of hydrogen-bond acceptors (Lipinski definition) is 4. The zero-order chi connectivity index (χ0) is 27.8. The molecule has 0 saturated carbocycles. The topological polar surface area (TPSA) is 66.0 Å². The van der Waals surface area contributed by atoms with Crippen molar-refractivity contribution in [3.05, 3.63) is 144 Å². The van der Waals surface area contributed by atoms with Crippen molar-refractivity contribution in [2.75, 3.05) is 13.2 Å². The van der Waals surface area contributed by atoms with Gasteiger partial charge in [-0.25, -0.2) is 0 Å². The molecular weight excluding hydrogens is 504 g/mol. The predicted molar refractivity (Wildman–Crippen MR) is 161 cm³/mol. The molecule has 6 aromatic rings. The number of fused-ring (bicyclic) bond motifs is 5. The summed E-state index contributed by atoms with van der Waals surface area (Å²) >= 11 is 0. The summed E-state index contributed by atoms with van der Waals surface area (Å²) < 4.78 is 11.1. The van der Waals surface area contributed by atoms with Crippen LogP contribution in [0, 0.1) is 22.7 Å². The van der Waals surface area contributed by atoms with Crippen LogP contribution < -0.4 is 9.47 Å². The lowest BCUT2D eigenvalue weighted by atomic mass is 9.67. The van der Waals surface area contributed by atoms with Gasteiger partial charge in [0, 0.05) is 0 Å². The third-order valence-electron chi connectivity index (χ3n) is 8.05. The Balaban J connectivity index is 1.48. The highest BCUT2D eigenvalue weighted by Crippen LogP contribution is 2.56. The van der Waals surface area contributed by atoms with Crippen molar-refractivity contribution in [2.45, 2.75) is 5.41 Å². The minimum atomic E-state index is -0.526. The monoisotopic (exact) mass is 528 g/mol. The first-order chi connectivity index (χ1) is 20.2. The minimum absolute atomic E-state index is 0.0220. The van der Waals surface area contributed by atoms with Crippen LogP contribution in [0.25, 0.3) is 32.7 Å². The summed E-state index contributed by atoms with van der Waals surface area (Å²) in [7, 11) is 0. The van der Waals surface area contributed by atoms with Gasteiger partial charge in [-0.2, -0.15) is 10.5 Å². The lowest BCUT2D eigenvalue weighted by molar-refractivity contribution is 0.368. The number of nitrogens with zero attached hydrogens (tertiary/aromatic N) is 2. The molecule has 0 aromatic heterocycles. The second kappa shape index (κ2) is 9.87. The van der Waals surface area contributed by atoms with Crippen molar-refractivity contribution in [1.82, 2.24) is 0 Å². The standard InChI is InChI=1S/C37H24N2O2/c38-17-19-40-31-15-11-25-21-29(13-9-27(25)23-31)37(35-7-3-1-5-33(35)34-6-2-4-8-36(34)37)30-14-10-28-24-32(41-20-18-39)16-12-26(28)22-30/h1-16,21-24H,19-20H2. The molecule has 1 aliphatic carbocycles. The van der Waals surface area contributed by atoms with E-state index in [1.807, 2.05) is 36.4 Å². The molecule has 4 heteroatoms. The molecule has 0 amide bonds. The Labute approximate surface area is 238 Å². The highest BCUT2D eigenvalue weighted by molar-refractivity contribution is 5.92. The third-order valence-corrected chi connectivity index (χ3v) is 8.05. The van der Waals surface area contributed by atoms with Gasteiger partial charge in [-0.1, -0.05) is 84.9 Å². The van der Waals surface area contributed by atoms with E-state index in [-0.39, 0.29) is 13.2 Å². The number of ether oxygens (including phenoxy) is 2. The molecule has 0 spiro atoms. The largest absolute Gasteiger partial charge is 0.479 e. The van der Waals surface area contributed by atoms with E-state index >= 15 is 0 Å². The molecule has 0 saturated heterocycles. The maximum Gasteiger partial charge on any atom is 0.174 e. The van der Waals surface area contributed by atoms with Crippen LogP contribution in [0.1, 0.15) is 22.3 Å².